The summed E-state index contributed by atoms with van der Waals surface area (Å²) in [5, 5.41) is 8.71. The summed E-state index contributed by atoms with van der Waals surface area (Å²) in [6.45, 7) is 2.41. The molecule has 0 spiro atoms. The van der Waals surface area contributed by atoms with E-state index >= 15 is 0 Å². The van der Waals surface area contributed by atoms with Crippen molar-refractivity contribution in [2.24, 2.45) is 0 Å². The minimum Gasteiger partial charge on any atom is -0.478 e. The molecule has 1 unspecified atom stereocenters. The number of carboxylic acid groups (broad SMARTS) is 1. The Morgan fingerprint density at radius 3 is 3.00 bits per heavy atom. The van der Waals surface area contributed by atoms with E-state index in [4.69, 9.17) is 9.84 Å². The molecule has 4 heteroatoms. The van der Waals surface area contributed by atoms with Crippen molar-refractivity contribution in [3.8, 4) is 0 Å². The number of rotatable bonds is 5. The van der Waals surface area contributed by atoms with Crippen LogP contribution in [0.25, 0.3) is 6.08 Å². The number of aliphatic carboxylic acids is 1. The maximum Gasteiger partial charge on any atom is 0.328 e. The fourth-order valence-electron chi connectivity index (χ4n) is 2.27. The Kier molecular flexibility index (Phi) is 4.71. The summed E-state index contributed by atoms with van der Waals surface area (Å²) in [6, 6.07) is 8.33. The summed E-state index contributed by atoms with van der Waals surface area (Å²) in [5.41, 5.74) is 2.09. The summed E-state index contributed by atoms with van der Waals surface area (Å²) < 4.78 is 5.39. The normalized spacial score (nSPS) is 19.4. The third-order valence-corrected chi connectivity index (χ3v) is 3.41. The molecule has 1 saturated heterocycles. The second-order valence-electron chi connectivity index (χ2n) is 4.80. The van der Waals surface area contributed by atoms with Crippen molar-refractivity contribution in [1.29, 1.82) is 0 Å². The SMILES string of the molecule is CN(Cc1ccccc1/C=C/C(=O)O)C1CCOC1. The van der Waals surface area contributed by atoms with Crippen molar-refractivity contribution >= 4 is 12.0 Å². The second kappa shape index (κ2) is 6.50. The van der Waals surface area contributed by atoms with Gasteiger partial charge in [0.25, 0.3) is 0 Å². The number of benzene rings is 1. The van der Waals surface area contributed by atoms with Crippen LogP contribution in [0.3, 0.4) is 0 Å². The minimum absolute atomic E-state index is 0.455. The molecule has 1 aliphatic heterocycles. The van der Waals surface area contributed by atoms with Gasteiger partial charge in [-0.25, -0.2) is 4.79 Å². The van der Waals surface area contributed by atoms with Gasteiger partial charge in [0, 0.05) is 25.3 Å². The van der Waals surface area contributed by atoms with Gasteiger partial charge < -0.3 is 9.84 Å². The number of nitrogens with zero attached hydrogens (tertiary/aromatic N) is 1. The molecule has 1 aromatic carbocycles. The van der Waals surface area contributed by atoms with Gasteiger partial charge in [0.2, 0.25) is 0 Å². The quantitative estimate of drug-likeness (QED) is 0.824. The highest BCUT2D eigenvalue weighted by atomic mass is 16.5. The van der Waals surface area contributed by atoms with Gasteiger partial charge in [-0.05, 0) is 30.7 Å². The van der Waals surface area contributed by atoms with Gasteiger partial charge >= 0.3 is 5.97 Å². The Morgan fingerprint density at radius 2 is 2.32 bits per heavy atom. The van der Waals surface area contributed by atoms with Gasteiger partial charge in [-0.15, -0.1) is 0 Å². The van der Waals surface area contributed by atoms with Crippen LogP contribution in [0.15, 0.2) is 30.3 Å². The zero-order valence-electron chi connectivity index (χ0n) is 11.1. The number of likely N-dealkylation sites (N-methyl/N-ethyl adjacent to an activating group) is 1. The van der Waals surface area contributed by atoms with Crippen LogP contribution in [0.4, 0.5) is 0 Å². The molecule has 4 nitrogen and oxygen atoms in total. The number of carboxylic acids is 1. The Bertz CT molecular complexity index is 464. The van der Waals surface area contributed by atoms with Crippen molar-refractivity contribution in [3.63, 3.8) is 0 Å². The molecule has 0 bridgehead atoms. The largest absolute Gasteiger partial charge is 0.478 e. The van der Waals surface area contributed by atoms with Gasteiger partial charge in [-0.1, -0.05) is 24.3 Å². The number of carbonyl (C=O) groups is 1. The van der Waals surface area contributed by atoms with Crippen LogP contribution in [-0.4, -0.2) is 42.3 Å². The second-order valence-corrected chi connectivity index (χ2v) is 4.80. The van der Waals surface area contributed by atoms with Crippen LogP contribution in [0, 0.1) is 0 Å². The van der Waals surface area contributed by atoms with Crippen LogP contribution in [0.1, 0.15) is 17.5 Å². The topological polar surface area (TPSA) is 49.8 Å². The molecular weight excluding hydrogens is 242 g/mol. The summed E-state index contributed by atoms with van der Waals surface area (Å²) in [7, 11) is 2.08. The zero-order valence-corrected chi connectivity index (χ0v) is 11.1. The standard InChI is InChI=1S/C15H19NO3/c1-16(14-8-9-19-11-14)10-13-5-3-2-4-12(13)6-7-15(17)18/h2-7,14H,8-11H2,1H3,(H,17,18)/b7-6+. The fourth-order valence-corrected chi connectivity index (χ4v) is 2.27. The predicted molar refractivity (Wildman–Crippen MR) is 73.8 cm³/mol. The van der Waals surface area contributed by atoms with Gasteiger partial charge in [-0.2, -0.15) is 0 Å². The average Bonchev–Trinajstić information content (AvgIpc) is 2.91. The van der Waals surface area contributed by atoms with E-state index in [0.29, 0.717) is 6.04 Å². The van der Waals surface area contributed by atoms with Crippen LogP contribution >= 0.6 is 0 Å². The van der Waals surface area contributed by atoms with E-state index in [1.54, 1.807) is 6.08 Å². The third kappa shape index (κ3) is 3.91. The van der Waals surface area contributed by atoms with Crippen LogP contribution in [0.2, 0.25) is 0 Å². The van der Waals surface area contributed by atoms with Crippen molar-refractivity contribution in [2.75, 3.05) is 20.3 Å². The maximum absolute atomic E-state index is 10.6. The monoisotopic (exact) mass is 261 g/mol. The molecular formula is C15H19NO3. The first kappa shape index (κ1) is 13.8. The first-order valence-corrected chi connectivity index (χ1v) is 6.43. The number of ether oxygens (including phenoxy) is 1. The van der Waals surface area contributed by atoms with E-state index in [2.05, 4.69) is 11.9 Å². The lowest BCUT2D eigenvalue weighted by Gasteiger charge is -2.23. The maximum atomic E-state index is 10.6. The van der Waals surface area contributed by atoms with E-state index < -0.39 is 5.97 Å². The molecule has 0 amide bonds. The molecule has 2 rings (SSSR count). The van der Waals surface area contributed by atoms with Gasteiger partial charge in [0.1, 0.15) is 0 Å². The summed E-state index contributed by atoms with van der Waals surface area (Å²) >= 11 is 0. The molecule has 19 heavy (non-hydrogen) atoms. The highest BCUT2D eigenvalue weighted by molar-refractivity contribution is 5.85. The van der Waals surface area contributed by atoms with E-state index in [1.807, 2.05) is 24.3 Å². The zero-order chi connectivity index (χ0) is 13.7. The van der Waals surface area contributed by atoms with E-state index in [-0.39, 0.29) is 0 Å². The highest BCUT2D eigenvalue weighted by Crippen LogP contribution is 2.17. The Balaban J connectivity index is 2.08. The van der Waals surface area contributed by atoms with Crippen molar-refractivity contribution in [1.82, 2.24) is 4.90 Å². The lowest BCUT2D eigenvalue weighted by Crippen LogP contribution is -2.31. The van der Waals surface area contributed by atoms with Gasteiger partial charge in [-0.3, -0.25) is 4.90 Å². The molecule has 0 saturated carbocycles. The smallest absolute Gasteiger partial charge is 0.328 e. The van der Waals surface area contributed by atoms with Crippen LogP contribution < -0.4 is 0 Å². The van der Waals surface area contributed by atoms with E-state index in [0.717, 1.165) is 37.3 Å². The third-order valence-electron chi connectivity index (χ3n) is 3.41. The van der Waals surface area contributed by atoms with Crippen LogP contribution in [-0.2, 0) is 16.1 Å². The molecule has 1 atom stereocenters. The Morgan fingerprint density at radius 1 is 1.53 bits per heavy atom. The summed E-state index contributed by atoms with van der Waals surface area (Å²) in [4.78, 5) is 12.9. The number of hydrogen-bond donors (Lipinski definition) is 1. The fraction of sp³-hybridized carbons (Fsp3) is 0.400. The lowest BCUT2D eigenvalue weighted by molar-refractivity contribution is -0.131. The first-order valence-electron chi connectivity index (χ1n) is 6.43. The molecule has 102 valence electrons. The predicted octanol–water partition coefficient (Wildman–Crippen LogP) is 2.01. The molecule has 0 radical (unpaired) electrons. The summed E-state index contributed by atoms with van der Waals surface area (Å²) in [5.74, 6) is -0.924. The summed E-state index contributed by atoms with van der Waals surface area (Å²) in [6.07, 6.45) is 3.89. The molecule has 0 aliphatic carbocycles. The first-order chi connectivity index (χ1) is 9.16. The Labute approximate surface area is 113 Å². The van der Waals surface area contributed by atoms with E-state index in [1.165, 1.54) is 6.08 Å². The average molecular weight is 261 g/mol. The number of hydrogen-bond acceptors (Lipinski definition) is 3. The van der Waals surface area contributed by atoms with Gasteiger partial charge in [0.15, 0.2) is 0 Å². The minimum atomic E-state index is -0.924. The van der Waals surface area contributed by atoms with Crippen molar-refractivity contribution in [2.45, 2.75) is 19.0 Å². The Hall–Kier alpha value is -1.65. The molecule has 0 aromatic heterocycles. The molecule has 1 N–H and O–H groups in total. The molecule has 1 aromatic rings. The molecule has 1 fully saturated rings. The highest BCUT2D eigenvalue weighted by Gasteiger charge is 2.20. The van der Waals surface area contributed by atoms with E-state index in [9.17, 15) is 4.79 Å². The molecule has 1 aliphatic rings. The van der Waals surface area contributed by atoms with Gasteiger partial charge in [0.05, 0.1) is 6.61 Å². The van der Waals surface area contributed by atoms with Crippen molar-refractivity contribution < 1.29 is 14.6 Å². The van der Waals surface area contributed by atoms with Crippen LogP contribution in [0.5, 0.6) is 0 Å². The molecule has 1 heterocycles. The van der Waals surface area contributed by atoms with Crippen molar-refractivity contribution in [3.05, 3.63) is 41.5 Å². The lowest BCUT2D eigenvalue weighted by atomic mass is 10.1.